The summed E-state index contributed by atoms with van der Waals surface area (Å²) in [6, 6.07) is 15.3. The number of fused-ring (bicyclic) bond motifs is 2. The summed E-state index contributed by atoms with van der Waals surface area (Å²) in [4.78, 5) is 0. The number of hydrogen-bond donors (Lipinski definition) is 2. The summed E-state index contributed by atoms with van der Waals surface area (Å²) in [6.45, 7) is 4.40. The fraction of sp³-hybridized carbons (Fsp3) is 0.182. The Bertz CT molecular complexity index is 1420. The number of aryl methyl sites for hydroxylation is 1. The summed E-state index contributed by atoms with van der Waals surface area (Å²) in [7, 11) is 0. The van der Waals surface area contributed by atoms with Crippen LogP contribution in [0.1, 0.15) is 54.5 Å². The first-order valence-electron chi connectivity index (χ1n) is 12.6. The van der Waals surface area contributed by atoms with Crippen LogP contribution in [0.4, 0.5) is 0 Å². The fourth-order valence-corrected chi connectivity index (χ4v) is 5.46. The van der Waals surface area contributed by atoms with Crippen molar-refractivity contribution < 1.29 is 0 Å². The predicted molar refractivity (Wildman–Crippen MR) is 154 cm³/mol. The molecule has 0 amide bonds. The van der Waals surface area contributed by atoms with E-state index in [4.69, 9.17) is 11.6 Å². The lowest BCUT2D eigenvalue weighted by molar-refractivity contribution is 0.530. The molecule has 3 aliphatic rings. The Labute approximate surface area is 214 Å². The Kier molecular flexibility index (Phi) is 6.47. The molecule has 2 aromatic rings. The molecule has 1 atom stereocenters. The third kappa shape index (κ3) is 4.22. The van der Waals surface area contributed by atoms with E-state index >= 15 is 0 Å². The zero-order chi connectivity index (χ0) is 25.1. The van der Waals surface area contributed by atoms with Crippen molar-refractivity contribution in [2.75, 3.05) is 0 Å². The molecule has 4 N–H and O–H groups in total. The standard InChI is InChI=1S/C33H33N3/c1-23(9-8-22-34)24-15-17-26(18-16-24)31-29(19-21-33(2)20-6-5-14-30(31)33)32(36-35)28-13-7-11-25-10-3-4-12-27(25)28/h4-9,11-19,21-22H,3,10,20,34-35H2,1-2H3/b22-8-,23-9+,36-32-. The van der Waals surface area contributed by atoms with Gasteiger partial charge in [0.05, 0.1) is 5.71 Å². The smallest absolute Gasteiger partial charge is 0.0983 e. The fourth-order valence-electron chi connectivity index (χ4n) is 5.46. The van der Waals surface area contributed by atoms with Crippen molar-refractivity contribution >= 4 is 22.9 Å². The van der Waals surface area contributed by atoms with E-state index in [0.29, 0.717) is 0 Å². The largest absolute Gasteiger partial charge is 0.405 e. The third-order valence-corrected chi connectivity index (χ3v) is 7.50. The molecule has 0 fully saturated rings. The Morgan fingerprint density at radius 1 is 1.06 bits per heavy atom. The van der Waals surface area contributed by atoms with E-state index in [9.17, 15) is 0 Å². The summed E-state index contributed by atoms with van der Waals surface area (Å²) >= 11 is 0. The topological polar surface area (TPSA) is 64.4 Å². The number of nitrogens with two attached hydrogens (primary N) is 2. The van der Waals surface area contributed by atoms with E-state index in [2.05, 4.69) is 104 Å². The van der Waals surface area contributed by atoms with Crippen LogP contribution in [0.15, 0.2) is 114 Å². The Morgan fingerprint density at radius 3 is 2.67 bits per heavy atom. The van der Waals surface area contributed by atoms with Gasteiger partial charge in [-0.2, -0.15) is 5.10 Å². The van der Waals surface area contributed by atoms with Gasteiger partial charge in [-0.05, 0) is 77.4 Å². The van der Waals surface area contributed by atoms with Gasteiger partial charge in [0.1, 0.15) is 0 Å². The SMILES string of the molecule is C/C(=C\C=C/N)c1ccc(C2=C(/C(=N\N)c3cccc4c3C=CCC4)C=CC3(C)CC=CC=C23)cc1. The molecule has 5 rings (SSSR count). The van der Waals surface area contributed by atoms with Gasteiger partial charge in [-0.15, -0.1) is 0 Å². The number of benzene rings is 2. The van der Waals surface area contributed by atoms with Crippen molar-refractivity contribution in [3.05, 3.63) is 136 Å². The van der Waals surface area contributed by atoms with Crippen LogP contribution in [-0.2, 0) is 6.42 Å². The quantitative estimate of drug-likeness (QED) is 0.211. The van der Waals surface area contributed by atoms with Gasteiger partial charge >= 0.3 is 0 Å². The van der Waals surface area contributed by atoms with Gasteiger partial charge < -0.3 is 11.6 Å². The van der Waals surface area contributed by atoms with Crippen molar-refractivity contribution in [3.63, 3.8) is 0 Å². The van der Waals surface area contributed by atoms with E-state index in [0.717, 1.165) is 47.2 Å². The van der Waals surface area contributed by atoms with Crippen LogP contribution >= 0.6 is 0 Å². The van der Waals surface area contributed by atoms with Crippen molar-refractivity contribution in [1.29, 1.82) is 0 Å². The molecule has 0 aromatic heterocycles. The summed E-state index contributed by atoms with van der Waals surface area (Å²) in [5.74, 6) is 6.16. The monoisotopic (exact) mass is 471 g/mol. The number of rotatable bonds is 5. The van der Waals surface area contributed by atoms with E-state index in [1.165, 1.54) is 27.8 Å². The molecule has 0 aliphatic heterocycles. The minimum atomic E-state index is -0.0658. The molecule has 1 unspecified atom stereocenters. The zero-order valence-electron chi connectivity index (χ0n) is 21.0. The van der Waals surface area contributed by atoms with Crippen LogP contribution in [-0.4, -0.2) is 5.71 Å². The molecular weight excluding hydrogens is 438 g/mol. The van der Waals surface area contributed by atoms with E-state index in [1.807, 2.05) is 12.2 Å². The van der Waals surface area contributed by atoms with Crippen molar-refractivity contribution in [2.24, 2.45) is 22.1 Å². The van der Waals surface area contributed by atoms with Crippen LogP contribution in [0.2, 0.25) is 0 Å². The van der Waals surface area contributed by atoms with Crippen molar-refractivity contribution in [1.82, 2.24) is 0 Å². The average Bonchev–Trinajstić information content (AvgIpc) is 2.92. The van der Waals surface area contributed by atoms with Crippen LogP contribution < -0.4 is 11.6 Å². The molecule has 0 saturated carbocycles. The first-order chi connectivity index (χ1) is 17.6. The minimum absolute atomic E-state index is 0.0658. The summed E-state index contributed by atoms with van der Waals surface area (Å²) in [5.41, 5.74) is 17.0. The lowest BCUT2D eigenvalue weighted by Crippen LogP contribution is -2.25. The van der Waals surface area contributed by atoms with Crippen molar-refractivity contribution in [3.8, 4) is 0 Å². The molecular formula is C33H33N3. The van der Waals surface area contributed by atoms with Crippen molar-refractivity contribution in [2.45, 2.75) is 33.1 Å². The van der Waals surface area contributed by atoms with Gasteiger partial charge in [-0.3, -0.25) is 0 Å². The van der Waals surface area contributed by atoms with Crippen LogP contribution in [0.3, 0.4) is 0 Å². The normalized spacial score (nSPS) is 21.6. The molecule has 3 nitrogen and oxygen atoms in total. The highest BCUT2D eigenvalue weighted by Crippen LogP contribution is 2.48. The van der Waals surface area contributed by atoms with Gasteiger partial charge in [0.2, 0.25) is 0 Å². The summed E-state index contributed by atoms with van der Waals surface area (Å²) < 4.78 is 0. The van der Waals surface area contributed by atoms with E-state index < -0.39 is 0 Å². The van der Waals surface area contributed by atoms with Gasteiger partial charge in [0, 0.05) is 16.6 Å². The Hall–Kier alpha value is -4.11. The lowest BCUT2D eigenvalue weighted by atomic mass is 9.67. The molecule has 0 saturated heterocycles. The highest BCUT2D eigenvalue weighted by Gasteiger charge is 2.35. The molecule has 0 radical (unpaired) electrons. The first kappa shape index (κ1) is 23.6. The van der Waals surface area contributed by atoms with Crippen LogP contribution in [0, 0.1) is 5.41 Å². The van der Waals surface area contributed by atoms with Gasteiger partial charge in [-0.1, -0.05) is 98.0 Å². The second kappa shape index (κ2) is 9.87. The minimum Gasteiger partial charge on any atom is -0.405 e. The molecule has 0 heterocycles. The molecule has 0 bridgehead atoms. The molecule has 0 spiro atoms. The first-order valence-corrected chi connectivity index (χ1v) is 12.6. The molecule has 180 valence electrons. The van der Waals surface area contributed by atoms with Gasteiger partial charge in [0.15, 0.2) is 0 Å². The van der Waals surface area contributed by atoms with Gasteiger partial charge in [-0.25, -0.2) is 0 Å². The maximum atomic E-state index is 6.16. The van der Waals surface area contributed by atoms with Crippen LogP contribution in [0.5, 0.6) is 0 Å². The highest BCUT2D eigenvalue weighted by molar-refractivity contribution is 6.21. The van der Waals surface area contributed by atoms with Gasteiger partial charge in [0.25, 0.3) is 0 Å². The molecule has 3 aliphatic carbocycles. The van der Waals surface area contributed by atoms with E-state index in [1.54, 1.807) is 6.20 Å². The second-order valence-corrected chi connectivity index (χ2v) is 9.86. The summed E-state index contributed by atoms with van der Waals surface area (Å²) in [5, 5.41) is 4.41. The maximum absolute atomic E-state index is 6.16. The number of nitrogens with zero attached hydrogens (tertiary/aromatic N) is 1. The molecule has 3 heteroatoms. The maximum Gasteiger partial charge on any atom is 0.0983 e. The predicted octanol–water partition coefficient (Wildman–Crippen LogP) is 7.10. The number of allylic oxidation sites excluding steroid dienone is 12. The molecule has 36 heavy (non-hydrogen) atoms. The Balaban J connectivity index is 1.70. The number of hydrogen-bond acceptors (Lipinski definition) is 3. The third-order valence-electron chi connectivity index (χ3n) is 7.50. The zero-order valence-corrected chi connectivity index (χ0v) is 21.0. The second-order valence-electron chi connectivity index (χ2n) is 9.86. The Morgan fingerprint density at radius 2 is 1.89 bits per heavy atom. The van der Waals surface area contributed by atoms with E-state index in [-0.39, 0.29) is 5.41 Å². The molecule has 2 aromatic carbocycles. The highest BCUT2D eigenvalue weighted by atomic mass is 15.1. The number of hydrazone groups is 1. The van der Waals surface area contributed by atoms with Crippen LogP contribution in [0.25, 0.3) is 17.2 Å². The average molecular weight is 472 g/mol. The lowest BCUT2D eigenvalue weighted by Gasteiger charge is -2.37. The summed E-state index contributed by atoms with van der Waals surface area (Å²) in [6.07, 6.45) is 24.2.